The van der Waals surface area contributed by atoms with Crippen LogP contribution in [0.4, 0.5) is 8.78 Å². The molecule has 1 aliphatic rings. The molecule has 2 aromatic carbocycles. The quantitative estimate of drug-likeness (QED) is 0.293. The van der Waals surface area contributed by atoms with E-state index in [4.69, 9.17) is 4.74 Å². The molecule has 1 saturated heterocycles. The van der Waals surface area contributed by atoms with Crippen LogP contribution in [0, 0.1) is 18.6 Å². The summed E-state index contributed by atoms with van der Waals surface area (Å²) >= 11 is 0. The molecule has 10 heteroatoms. The zero-order valence-corrected chi connectivity index (χ0v) is 25.1. The van der Waals surface area contributed by atoms with Gasteiger partial charge in [-0.1, -0.05) is 13.8 Å². The summed E-state index contributed by atoms with van der Waals surface area (Å²) in [5.74, 6) is -2.31. The number of amides is 2. The lowest BCUT2D eigenvalue weighted by Crippen LogP contribution is -2.53. The van der Waals surface area contributed by atoms with Crippen LogP contribution in [-0.2, 0) is 11.2 Å². The summed E-state index contributed by atoms with van der Waals surface area (Å²) in [6, 6.07) is 6.93. The predicted octanol–water partition coefficient (Wildman–Crippen LogP) is 3.71. The molecule has 1 aliphatic heterocycles. The number of nitrogens with zero attached hydrogens (tertiary/aromatic N) is 2. The first kappa shape index (κ1) is 33.6. The van der Waals surface area contributed by atoms with E-state index in [9.17, 15) is 28.6 Å². The number of benzene rings is 2. The monoisotopic (exact) mass is 589 g/mol. The SMILES string of the molecule is CCCN(CCC)C(=O)c1cc(C)cc(C(=O)N[C@@H](Cc2cc(F)cc(F)c2)[C@H](O)[C@H](O)CN2CCC[C@H]2COC)c1. The highest BCUT2D eigenvalue weighted by Gasteiger charge is 2.33. The maximum atomic E-state index is 14.0. The molecule has 0 radical (unpaired) electrons. The van der Waals surface area contributed by atoms with Crippen molar-refractivity contribution in [3.05, 3.63) is 70.3 Å². The fraction of sp³-hybridized carbons (Fsp3) is 0.562. The van der Waals surface area contributed by atoms with E-state index in [1.54, 1.807) is 31.1 Å². The number of aliphatic hydroxyl groups is 2. The van der Waals surface area contributed by atoms with Crippen LogP contribution < -0.4 is 5.32 Å². The summed E-state index contributed by atoms with van der Waals surface area (Å²) in [6.45, 7) is 8.35. The minimum atomic E-state index is -1.44. The number of carbonyl (C=O) groups excluding carboxylic acids is 2. The molecule has 0 saturated carbocycles. The number of aliphatic hydroxyl groups excluding tert-OH is 2. The molecule has 232 valence electrons. The molecule has 3 N–H and O–H groups in total. The molecule has 1 fully saturated rings. The highest BCUT2D eigenvalue weighted by molar-refractivity contribution is 6.00. The van der Waals surface area contributed by atoms with E-state index in [0.717, 1.165) is 50.4 Å². The minimum absolute atomic E-state index is 0.102. The number of rotatable bonds is 15. The van der Waals surface area contributed by atoms with Crippen molar-refractivity contribution >= 4 is 11.8 Å². The molecular formula is C32H45F2N3O5. The summed E-state index contributed by atoms with van der Waals surface area (Å²) in [7, 11) is 1.61. The Labute approximate surface area is 247 Å². The van der Waals surface area contributed by atoms with Crippen molar-refractivity contribution in [2.45, 2.75) is 77.2 Å². The molecule has 0 bridgehead atoms. The number of hydrogen-bond donors (Lipinski definition) is 3. The molecule has 4 atom stereocenters. The lowest BCUT2D eigenvalue weighted by atomic mass is 9.96. The first-order valence-corrected chi connectivity index (χ1v) is 14.8. The van der Waals surface area contributed by atoms with E-state index < -0.39 is 35.8 Å². The second kappa shape index (κ2) is 16.1. The number of methoxy groups -OCH3 is 1. The van der Waals surface area contributed by atoms with Gasteiger partial charge in [0, 0.05) is 50.0 Å². The Balaban J connectivity index is 1.86. The smallest absolute Gasteiger partial charge is 0.253 e. The van der Waals surface area contributed by atoms with Crippen LogP contribution in [0.5, 0.6) is 0 Å². The van der Waals surface area contributed by atoms with Crippen molar-refractivity contribution < 1.29 is 33.3 Å². The lowest BCUT2D eigenvalue weighted by molar-refractivity contribution is -0.0267. The molecular weight excluding hydrogens is 544 g/mol. The van der Waals surface area contributed by atoms with E-state index in [2.05, 4.69) is 5.32 Å². The third kappa shape index (κ3) is 9.29. The molecule has 1 heterocycles. The number of likely N-dealkylation sites (tertiary alicyclic amines) is 1. The van der Waals surface area contributed by atoms with Crippen LogP contribution >= 0.6 is 0 Å². The van der Waals surface area contributed by atoms with Crippen LogP contribution in [0.25, 0.3) is 0 Å². The van der Waals surface area contributed by atoms with Gasteiger partial charge in [-0.2, -0.15) is 0 Å². The van der Waals surface area contributed by atoms with Gasteiger partial charge in [0.15, 0.2) is 0 Å². The predicted molar refractivity (Wildman–Crippen MR) is 157 cm³/mol. The fourth-order valence-electron chi connectivity index (χ4n) is 5.70. The third-order valence-electron chi connectivity index (χ3n) is 7.64. The van der Waals surface area contributed by atoms with E-state index in [-0.39, 0.29) is 36.0 Å². The van der Waals surface area contributed by atoms with Crippen molar-refractivity contribution in [1.29, 1.82) is 0 Å². The number of hydrogen-bond acceptors (Lipinski definition) is 6. The minimum Gasteiger partial charge on any atom is -0.389 e. The van der Waals surface area contributed by atoms with Crippen LogP contribution in [0.2, 0.25) is 0 Å². The zero-order chi connectivity index (χ0) is 30.8. The fourth-order valence-corrected chi connectivity index (χ4v) is 5.70. The molecule has 3 rings (SSSR count). The summed E-state index contributed by atoms with van der Waals surface area (Å²) in [5, 5.41) is 25.1. The van der Waals surface area contributed by atoms with Gasteiger partial charge in [-0.3, -0.25) is 14.5 Å². The molecule has 0 unspecified atom stereocenters. The van der Waals surface area contributed by atoms with Crippen molar-refractivity contribution in [3.63, 3.8) is 0 Å². The summed E-state index contributed by atoms with van der Waals surface area (Å²) < 4.78 is 33.3. The number of halogens is 2. The first-order valence-electron chi connectivity index (χ1n) is 14.8. The van der Waals surface area contributed by atoms with Gasteiger partial charge < -0.3 is 25.2 Å². The molecule has 2 aromatic rings. The molecule has 2 amide bonds. The largest absolute Gasteiger partial charge is 0.389 e. The summed E-state index contributed by atoms with van der Waals surface area (Å²) in [4.78, 5) is 30.6. The maximum absolute atomic E-state index is 14.0. The zero-order valence-electron chi connectivity index (χ0n) is 25.1. The highest BCUT2D eigenvalue weighted by Crippen LogP contribution is 2.21. The van der Waals surface area contributed by atoms with E-state index in [0.29, 0.717) is 30.8 Å². The number of aryl methyl sites for hydroxylation is 1. The van der Waals surface area contributed by atoms with E-state index >= 15 is 0 Å². The van der Waals surface area contributed by atoms with Gasteiger partial charge in [0.25, 0.3) is 11.8 Å². The van der Waals surface area contributed by atoms with Gasteiger partial charge >= 0.3 is 0 Å². The van der Waals surface area contributed by atoms with Gasteiger partial charge in [-0.15, -0.1) is 0 Å². The van der Waals surface area contributed by atoms with Crippen molar-refractivity contribution in [2.75, 3.05) is 39.9 Å². The first-order chi connectivity index (χ1) is 20.1. The normalized spacial score (nSPS) is 17.6. The Hall–Kier alpha value is -2.92. The number of β-amino-alcohol motifs (C(OH)–C–C–N with tert-alkyl or cyclic N) is 1. The molecule has 0 aromatic heterocycles. The summed E-state index contributed by atoms with van der Waals surface area (Å²) in [5.41, 5.74) is 1.52. The average molecular weight is 590 g/mol. The standard InChI is InChI=1S/C32H45F2N3O5/c1-5-9-36(10-6-2)32(41)24-13-21(3)12-23(17-24)31(40)35-28(16-22-14-25(33)18-26(34)15-22)30(39)29(38)19-37-11-7-8-27(37)20-42-4/h12-15,17-18,27-30,38-39H,5-11,16,19-20H2,1-4H3,(H,35,40)/t27-,28-,29+,30-/m0/s1. The summed E-state index contributed by atoms with van der Waals surface area (Å²) in [6.07, 6.45) is 0.619. The maximum Gasteiger partial charge on any atom is 0.253 e. The van der Waals surface area contributed by atoms with Crippen LogP contribution in [-0.4, -0.2) is 96.0 Å². The third-order valence-corrected chi connectivity index (χ3v) is 7.64. The Bertz CT molecular complexity index is 1170. The Morgan fingerprint density at radius 2 is 1.69 bits per heavy atom. The van der Waals surface area contributed by atoms with Gasteiger partial charge in [0.1, 0.15) is 17.7 Å². The van der Waals surface area contributed by atoms with Crippen molar-refractivity contribution in [1.82, 2.24) is 15.1 Å². The number of nitrogens with one attached hydrogen (secondary N) is 1. The van der Waals surface area contributed by atoms with Crippen LogP contribution in [0.15, 0.2) is 36.4 Å². The Morgan fingerprint density at radius 1 is 1.05 bits per heavy atom. The Kier molecular flexibility index (Phi) is 12.8. The van der Waals surface area contributed by atoms with Crippen LogP contribution in [0.1, 0.15) is 71.4 Å². The van der Waals surface area contributed by atoms with E-state index in [1.165, 1.54) is 6.07 Å². The highest BCUT2D eigenvalue weighted by atomic mass is 19.1. The van der Waals surface area contributed by atoms with E-state index in [1.807, 2.05) is 18.7 Å². The van der Waals surface area contributed by atoms with Crippen molar-refractivity contribution in [3.8, 4) is 0 Å². The number of carbonyl (C=O) groups is 2. The Morgan fingerprint density at radius 3 is 2.31 bits per heavy atom. The number of ether oxygens (including phenoxy) is 1. The molecule has 42 heavy (non-hydrogen) atoms. The molecule has 0 spiro atoms. The van der Waals surface area contributed by atoms with Gasteiger partial charge in [-0.25, -0.2) is 8.78 Å². The lowest BCUT2D eigenvalue weighted by Gasteiger charge is -2.32. The van der Waals surface area contributed by atoms with Gasteiger partial charge in [-0.05, 0) is 87.0 Å². The second-order valence-corrected chi connectivity index (χ2v) is 11.2. The molecule has 0 aliphatic carbocycles. The molecule has 8 nitrogen and oxygen atoms in total. The van der Waals surface area contributed by atoms with Gasteiger partial charge in [0.2, 0.25) is 0 Å². The van der Waals surface area contributed by atoms with Crippen LogP contribution in [0.3, 0.4) is 0 Å². The second-order valence-electron chi connectivity index (χ2n) is 11.2. The van der Waals surface area contributed by atoms with Crippen molar-refractivity contribution in [2.24, 2.45) is 0 Å². The van der Waals surface area contributed by atoms with Gasteiger partial charge in [0.05, 0.1) is 18.8 Å². The topological polar surface area (TPSA) is 102 Å². The average Bonchev–Trinajstić information content (AvgIpc) is 3.37.